The molecule has 5 nitrogen and oxygen atoms in total. The molecule has 3 aromatic rings. The Kier molecular flexibility index (Phi) is 4.62. The highest BCUT2D eigenvalue weighted by molar-refractivity contribution is 6.05. The fourth-order valence-corrected chi connectivity index (χ4v) is 3.74. The molecule has 0 radical (unpaired) electrons. The molecule has 0 spiro atoms. The maximum Gasteiger partial charge on any atom is 0.336 e. The molecule has 1 aliphatic heterocycles. The fourth-order valence-electron chi connectivity index (χ4n) is 3.74. The molecule has 0 amide bonds. The van der Waals surface area contributed by atoms with Crippen LogP contribution in [0.25, 0.3) is 22.0 Å². The molecule has 1 N–H and O–H groups in total. The molecule has 1 aromatic heterocycles. The quantitative estimate of drug-likeness (QED) is 0.744. The topological polar surface area (TPSA) is 54.7 Å². The van der Waals surface area contributed by atoms with Crippen molar-refractivity contribution in [1.29, 1.82) is 0 Å². The predicted octanol–water partition coefficient (Wildman–Crippen LogP) is 4.42. The highest BCUT2D eigenvalue weighted by Crippen LogP contribution is 2.31. The number of nitrogens with zero attached hydrogens (tertiary/aromatic N) is 2. The van der Waals surface area contributed by atoms with E-state index in [1.807, 2.05) is 12.3 Å². The molecule has 27 heavy (non-hydrogen) atoms. The van der Waals surface area contributed by atoms with Crippen LogP contribution in [0.15, 0.2) is 48.7 Å². The van der Waals surface area contributed by atoms with Crippen LogP contribution in [0.1, 0.15) is 30.2 Å². The number of carboxylic acid groups (broad SMARTS) is 1. The number of aromatic carboxylic acids is 1. The van der Waals surface area contributed by atoms with Crippen molar-refractivity contribution in [2.45, 2.75) is 19.9 Å². The van der Waals surface area contributed by atoms with Crippen molar-refractivity contribution in [2.24, 2.45) is 0 Å². The molecule has 0 aliphatic carbocycles. The van der Waals surface area contributed by atoms with Gasteiger partial charge >= 0.3 is 5.97 Å². The minimum absolute atomic E-state index is 0.267. The Labute approximate surface area is 158 Å². The zero-order chi connectivity index (χ0) is 19.0. The lowest BCUT2D eigenvalue weighted by Crippen LogP contribution is -2.36. The normalized spacial score (nSPS) is 14.9. The molecule has 0 unspecified atom stereocenters. The molecule has 1 aliphatic rings. The molecule has 140 valence electrons. The number of benzene rings is 2. The van der Waals surface area contributed by atoms with E-state index in [9.17, 15) is 9.90 Å². The molecule has 2 aromatic carbocycles. The van der Waals surface area contributed by atoms with E-state index >= 15 is 0 Å². The third kappa shape index (κ3) is 3.30. The van der Waals surface area contributed by atoms with Gasteiger partial charge in [-0.25, -0.2) is 4.79 Å². The van der Waals surface area contributed by atoms with Crippen LogP contribution in [0.2, 0.25) is 0 Å². The van der Waals surface area contributed by atoms with Crippen molar-refractivity contribution < 1.29 is 14.6 Å². The summed E-state index contributed by atoms with van der Waals surface area (Å²) in [5.74, 6) is -0.895. The van der Waals surface area contributed by atoms with Gasteiger partial charge in [0.2, 0.25) is 0 Å². The van der Waals surface area contributed by atoms with E-state index in [2.05, 4.69) is 53.6 Å². The maximum absolute atomic E-state index is 11.8. The second-order valence-corrected chi connectivity index (χ2v) is 7.22. The maximum atomic E-state index is 11.8. The van der Waals surface area contributed by atoms with Crippen LogP contribution in [0.3, 0.4) is 0 Å². The van der Waals surface area contributed by atoms with E-state index in [1.165, 1.54) is 5.69 Å². The Morgan fingerprint density at radius 2 is 1.74 bits per heavy atom. The standard InChI is InChI=1S/C22H24N2O3/c1-15(2)24-8-7-19-20(22(25)26)13-17(14-21(19)24)16-3-5-18(6-4-16)23-9-11-27-12-10-23/h3-8,13-15H,9-12H2,1-2H3,(H,25,26). The van der Waals surface area contributed by atoms with Gasteiger partial charge in [0, 0.05) is 41.9 Å². The van der Waals surface area contributed by atoms with Gasteiger partial charge in [-0.1, -0.05) is 12.1 Å². The molecular weight excluding hydrogens is 340 g/mol. The molecule has 2 heterocycles. The van der Waals surface area contributed by atoms with Crippen molar-refractivity contribution in [2.75, 3.05) is 31.2 Å². The lowest BCUT2D eigenvalue weighted by Gasteiger charge is -2.29. The van der Waals surface area contributed by atoms with Gasteiger partial charge in [0.25, 0.3) is 0 Å². The third-order valence-corrected chi connectivity index (χ3v) is 5.20. The summed E-state index contributed by atoms with van der Waals surface area (Å²) in [7, 11) is 0. The summed E-state index contributed by atoms with van der Waals surface area (Å²) in [6, 6.07) is 14.4. The number of morpholine rings is 1. The van der Waals surface area contributed by atoms with E-state index in [0.29, 0.717) is 5.56 Å². The molecular formula is C22H24N2O3. The van der Waals surface area contributed by atoms with Crippen molar-refractivity contribution in [1.82, 2.24) is 4.57 Å². The smallest absolute Gasteiger partial charge is 0.336 e. The molecule has 4 rings (SSSR count). The van der Waals surface area contributed by atoms with Crippen LogP contribution in [-0.2, 0) is 4.74 Å². The zero-order valence-corrected chi connectivity index (χ0v) is 15.7. The number of hydrogen-bond donors (Lipinski definition) is 1. The third-order valence-electron chi connectivity index (χ3n) is 5.20. The lowest BCUT2D eigenvalue weighted by atomic mass is 9.99. The van der Waals surface area contributed by atoms with Gasteiger partial charge in [-0.3, -0.25) is 0 Å². The number of rotatable bonds is 4. The first-order valence-electron chi connectivity index (χ1n) is 9.35. The SMILES string of the molecule is CC(C)n1ccc2c(C(=O)O)cc(-c3ccc(N4CCOCC4)cc3)cc21. The van der Waals surface area contributed by atoms with Crippen LogP contribution < -0.4 is 4.90 Å². The molecule has 0 atom stereocenters. The number of anilines is 1. The summed E-state index contributed by atoms with van der Waals surface area (Å²) in [6.45, 7) is 7.51. The summed E-state index contributed by atoms with van der Waals surface area (Å²) in [5.41, 5.74) is 4.42. The predicted molar refractivity (Wildman–Crippen MR) is 108 cm³/mol. The van der Waals surface area contributed by atoms with Crippen LogP contribution in [0.5, 0.6) is 0 Å². The van der Waals surface area contributed by atoms with Crippen molar-refractivity contribution in [3.05, 3.63) is 54.2 Å². The largest absolute Gasteiger partial charge is 0.478 e. The van der Waals surface area contributed by atoms with Gasteiger partial charge in [0.1, 0.15) is 0 Å². The summed E-state index contributed by atoms with van der Waals surface area (Å²) >= 11 is 0. The van der Waals surface area contributed by atoms with Gasteiger partial charge in [-0.2, -0.15) is 0 Å². The number of aromatic nitrogens is 1. The Hall–Kier alpha value is -2.79. The van der Waals surface area contributed by atoms with E-state index in [-0.39, 0.29) is 6.04 Å². The Balaban J connectivity index is 1.76. The number of ether oxygens (including phenoxy) is 1. The van der Waals surface area contributed by atoms with Crippen molar-refractivity contribution in [3.63, 3.8) is 0 Å². The molecule has 0 bridgehead atoms. The number of hydrogen-bond acceptors (Lipinski definition) is 3. The van der Waals surface area contributed by atoms with Crippen molar-refractivity contribution >= 4 is 22.6 Å². The fraction of sp³-hybridized carbons (Fsp3) is 0.318. The average Bonchev–Trinajstić information content (AvgIpc) is 3.12. The van der Waals surface area contributed by atoms with E-state index in [4.69, 9.17) is 4.74 Å². The van der Waals surface area contributed by atoms with Crippen LogP contribution >= 0.6 is 0 Å². The van der Waals surface area contributed by atoms with Gasteiger partial charge in [0.05, 0.1) is 18.8 Å². The summed E-state index contributed by atoms with van der Waals surface area (Å²) in [4.78, 5) is 14.1. The average molecular weight is 364 g/mol. The summed E-state index contributed by atoms with van der Waals surface area (Å²) < 4.78 is 7.53. The van der Waals surface area contributed by atoms with Crippen LogP contribution in [-0.4, -0.2) is 41.9 Å². The lowest BCUT2D eigenvalue weighted by molar-refractivity contribution is 0.0699. The highest BCUT2D eigenvalue weighted by atomic mass is 16.5. The van der Waals surface area contributed by atoms with E-state index in [1.54, 1.807) is 6.07 Å². The van der Waals surface area contributed by atoms with E-state index in [0.717, 1.165) is 48.3 Å². The van der Waals surface area contributed by atoms with Crippen LogP contribution in [0, 0.1) is 0 Å². The Morgan fingerprint density at radius 1 is 1.04 bits per heavy atom. The summed E-state index contributed by atoms with van der Waals surface area (Å²) in [6.07, 6.45) is 1.97. The second kappa shape index (κ2) is 7.08. The summed E-state index contributed by atoms with van der Waals surface area (Å²) in [5, 5.41) is 10.5. The zero-order valence-electron chi connectivity index (χ0n) is 15.7. The Bertz CT molecular complexity index is 967. The minimum Gasteiger partial charge on any atom is -0.478 e. The number of carbonyl (C=O) groups is 1. The number of fused-ring (bicyclic) bond motifs is 1. The number of carboxylic acids is 1. The van der Waals surface area contributed by atoms with Crippen molar-refractivity contribution in [3.8, 4) is 11.1 Å². The van der Waals surface area contributed by atoms with E-state index < -0.39 is 5.97 Å². The second-order valence-electron chi connectivity index (χ2n) is 7.22. The Morgan fingerprint density at radius 3 is 2.37 bits per heavy atom. The first kappa shape index (κ1) is 17.6. The van der Waals surface area contributed by atoms with Gasteiger partial charge in [0.15, 0.2) is 0 Å². The molecule has 1 saturated heterocycles. The molecule has 5 heteroatoms. The molecule has 1 fully saturated rings. The monoisotopic (exact) mass is 364 g/mol. The van der Waals surface area contributed by atoms with Gasteiger partial charge in [-0.15, -0.1) is 0 Å². The van der Waals surface area contributed by atoms with Gasteiger partial charge in [-0.05, 0) is 55.3 Å². The van der Waals surface area contributed by atoms with Gasteiger partial charge < -0.3 is 19.3 Å². The van der Waals surface area contributed by atoms with Crippen LogP contribution in [0.4, 0.5) is 5.69 Å². The molecule has 0 saturated carbocycles. The first-order chi connectivity index (χ1) is 13.0. The highest BCUT2D eigenvalue weighted by Gasteiger charge is 2.16. The minimum atomic E-state index is -0.895. The first-order valence-corrected chi connectivity index (χ1v) is 9.35.